The summed E-state index contributed by atoms with van der Waals surface area (Å²) in [7, 11) is -5.18. The molecule has 13 N–H and O–H groups in total. The third-order valence-corrected chi connectivity index (χ3v) is 21.5. The summed E-state index contributed by atoms with van der Waals surface area (Å²) in [5.41, 5.74) is 34.2. The Labute approximate surface area is 598 Å². The van der Waals surface area contributed by atoms with Gasteiger partial charge < -0.3 is 53.8 Å². The summed E-state index contributed by atoms with van der Waals surface area (Å²) < 4.78 is 76.2. The number of carbonyl (C=O) groups is 5. The van der Waals surface area contributed by atoms with Crippen LogP contribution in [0.15, 0.2) is 167 Å². The number of nitrogen functional groups attached to an aromatic ring is 1. The number of nitrogens with one attached hydrogen (secondary N) is 7. The Morgan fingerprint density at radius 1 is 0.481 bits per heavy atom. The van der Waals surface area contributed by atoms with Crippen LogP contribution in [0.5, 0.6) is 0 Å². The molecule has 536 valence electrons. The summed E-state index contributed by atoms with van der Waals surface area (Å²) >= 11 is 0. The van der Waals surface area contributed by atoms with Crippen LogP contribution in [0.4, 0.5) is 17.1 Å². The molecule has 0 saturated heterocycles. The molecule has 5 heterocycles. The molecule has 5 amide bonds. The number of nitrogens with zero attached hydrogens (tertiary/aromatic N) is 8. The van der Waals surface area contributed by atoms with Gasteiger partial charge in [-0.05, 0) is 171 Å². The number of hydrogen-bond donors (Lipinski definition) is 10. The Morgan fingerprint density at radius 3 is 1.21 bits per heavy atom. The number of aromatic amines is 2. The predicted molar refractivity (Wildman–Crippen MR) is 391 cm³/mol. The fourth-order valence-electron chi connectivity index (χ4n) is 12.9. The standard InChI is InChI=1S/C27H29N7O4S.C25H25N7O4S.C20H20N4O3S/c1-28-23(13-18-14-30-15-31-18)26(35)32-17-6-4-16-5-11-21-24(27(36)29-2)33-34(25(21)22(16)12-17)19-7-9-20(10-8-19)39(3,37)38;1-37(35,36)18-7-5-17(6-8-18)32-23-19(22(31-32)24(27)33)9-3-14-2-4-15(10-20(14)23)30-25(34)21(26)11-16-12-28-13-29-16;1-22-20(25)18-16-10-4-12-3-5-13(21)11-17(12)19(16)24(23-18)14-6-8-15(9-7-14)28(2,26)27/h4,6-10,12,14-15,23,28H,5,11,13H2,1-3H3,(H,29,36)(H,30,31)(H,32,35);2,4-8,10,12-13,21H,3,9,11,26H2,1H3,(H2,27,33)(H,28,29)(H,30,34);3,5-9,11H,4,10,21H2,1-2H3,(H,22,25). The minimum atomic E-state index is -3.38. The van der Waals surface area contributed by atoms with Crippen molar-refractivity contribution in [2.24, 2.45) is 11.5 Å². The van der Waals surface area contributed by atoms with Gasteiger partial charge in [-0.1, -0.05) is 18.2 Å². The molecule has 5 aromatic heterocycles. The molecule has 0 fully saturated rings. The van der Waals surface area contributed by atoms with E-state index in [0.29, 0.717) is 102 Å². The molecule has 3 aliphatic carbocycles. The first-order valence-electron chi connectivity index (χ1n) is 32.8. The van der Waals surface area contributed by atoms with Crippen LogP contribution in [0.2, 0.25) is 0 Å². The lowest BCUT2D eigenvalue weighted by Crippen LogP contribution is -2.40. The number of amides is 5. The van der Waals surface area contributed by atoms with Crippen molar-refractivity contribution in [1.82, 2.24) is 65.2 Å². The van der Waals surface area contributed by atoms with Gasteiger partial charge in [-0.25, -0.2) is 49.3 Å². The number of imidazole rings is 2. The van der Waals surface area contributed by atoms with E-state index in [-0.39, 0.29) is 44.0 Å². The number of aryl methyl sites for hydroxylation is 3. The quantitative estimate of drug-likeness (QED) is 0.0490. The second kappa shape index (κ2) is 29.3. The van der Waals surface area contributed by atoms with Crippen molar-refractivity contribution >= 4 is 76.1 Å². The maximum atomic E-state index is 13.1. The molecule has 29 nitrogen and oxygen atoms in total. The van der Waals surface area contributed by atoms with Crippen LogP contribution in [0, 0.1) is 0 Å². The minimum absolute atomic E-state index is 0.156. The summed E-state index contributed by atoms with van der Waals surface area (Å²) in [6, 6.07) is 34.9. The summed E-state index contributed by atoms with van der Waals surface area (Å²) in [5.74, 6) is -1.76. The second-order valence-electron chi connectivity index (χ2n) is 25.2. The molecule has 104 heavy (non-hydrogen) atoms. The molecule has 2 atom stereocenters. The van der Waals surface area contributed by atoms with Crippen LogP contribution in [0.25, 0.3) is 50.8 Å². The topological polar surface area (TPSA) is 437 Å². The van der Waals surface area contributed by atoms with Crippen LogP contribution in [-0.2, 0) is 90.5 Å². The highest BCUT2D eigenvalue weighted by atomic mass is 32.2. The van der Waals surface area contributed by atoms with E-state index in [0.717, 1.165) is 86.2 Å². The monoisotopic (exact) mass is 1460 g/mol. The molecule has 0 radical (unpaired) electrons. The third kappa shape index (κ3) is 15.1. The average Bonchev–Trinajstić information content (AvgIpc) is 1.59. The van der Waals surface area contributed by atoms with Crippen molar-refractivity contribution in [3.63, 3.8) is 0 Å². The van der Waals surface area contributed by atoms with Crippen LogP contribution in [0.1, 0.15) is 76.2 Å². The first-order valence-corrected chi connectivity index (χ1v) is 38.4. The predicted octanol–water partition coefficient (Wildman–Crippen LogP) is 5.25. The third-order valence-electron chi connectivity index (χ3n) is 18.2. The lowest BCUT2D eigenvalue weighted by molar-refractivity contribution is -0.118. The van der Waals surface area contributed by atoms with Gasteiger partial charge in [0, 0.05) is 120 Å². The lowest BCUT2D eigenvalue weighted by atomic mass is 9.88. The number of likely N-dealkylation sites (N-methyl/N-ethyl adjacent to an activating group) is 1. The normalized spacial score (nSPS) is 13.3. The molecule has 0 saturated carbocycles. The van der Waals surface area contributed by atoms with E-state index in [4.69, 9.17) is 17.2 Å². The number of benzene rings is 6. The first kappa shape index (κ1) is 72.1. The zero-order valence-corrected chi connectivity index (χ0v) is 59.7. The van der Waals surface area contributed by atoms with E-state index in [1.165, 1.54) is 36.8 Å². The highest BCUT2D eigenvalue weighted by Crippen LogP contribution is 2.42. The summed E-state index contributed by atoms with van der Waals surface area (Å²) in [6.07, 6.45) is 14.6. The van der Waals surface area contributed by atoms with Crippen LogP contribution in [-0.4, -0.2) is 156 Å². The van der Waals surface area contributed by atoms with E-state index >= 15 is 0 Å². The van der Waals surface area contributed by atoms with Crippen molar-refractivity contribution in [2.45, 2.75) is 78.1 Å². The van der Waals surface area contributed by atoms with E-state index in [2.05, 4.69) is 61.8 Å². The molecule has 32 heteroatoms. The van der Waals surface area contributed by atoms with Crippen molar-refractivity contribution in [2.75, 3.05) is 56.3 Å². The molecule has 14 rings (SSSR count). The number of rotatable bonds is 18. The fourth-order valence-corrected chi connectivity index (χ4v) is 14.8. The zero-order chi connectivity index (χ0) is 74.1. The summed E-state index contributed by atoms with van der Waals surface area (Å²) in [5, 5.41) is 27.9. The van der Waals surface area contributed by atoms with Gasteiger partial charge in [-0.3, -0.25) is 24.0 Å². The van der Waals surface area contributed by atoms with Gasteiger partial charge in [0.05, 0.1) is 73.6 Å². The highest BCUT2D eigenvalue weighted by Gasteiger charge is 2.33. The number of primary amides is 1. The van der Waals surface area contributed by atoms with Gasteiger partial charge in [0.25, 0.3) is 17.7 Å². The Hall–Kier alpha value is -11.7. The maximum absolute atomic E-state index is 13.1. The SMILES string of the molecule is CNC(=O)c1nn(-c2ccc(S(C)(=O)=O)cc2)c2c1CCc1ccc(N)cc1-2.CNC(=O)c1nn(-c2ccc(S(C)(=O)=O)cc2)c2c1CCc1ccc(NC(=O)C(Cc3cnc[nH]3)NC)cc1-2.CS(=O)(=O)c1ccc(-n2nc(C(N)=O)c3c2-c2cc(NC(=O)C(N)Cc4cnc[nH]4)ccc2CC3)cc1. The van der Waals surface area contributed by atoms with Crippen LogP contribution in [0.3, 0.4) is 0 Å². The Balaban J connectivity index is 0.000000149. The van der Waals surface area contributed by atoms with Gasteiger partial charge in [-0.2, -0.15) is 15.3 Å². The van der Waals surface area contributed by atoms with E-state index in [1.807, 2.05) is 48.5 Å². The Morgan fingerprint density at radius 2 is 0.846 bits per heavy atom. The molecule has 6 aromatic carbocycles. The largest absolute Gasteiger partial charge is 0.399 e. The van der Waals surface area contributed by atoms with E-state index in [9.17, 15) is 49.2 Å². The van der Waals surface area contributed by atoms with Crippen molar-refractivity contribution in [3.8, 4) is 50.8 Å². The number of hydrogen-bond acceptors (Lipinski definition) is 19. The lowest BCUT2D eigenvalue weighted by Gasteiger charge is -2.21. The number of fused-ring (bicyclic) bond motifs is 9. The number of nitrogens with two attached hydrogens (primary N) is 3. The van der Waals surface area contributed by atoms with Crippen molar-refractivity contribution in [1.29, 1.82) is 0 Å². The van der Waals surface area contributed by atoms with Gasteiger partial charge in [0.15, 0.2) is 46.6 Å². The van der Waals surface area contributed by atoms with Crippen LogP contribution < -0.4 is 43.8 Å². The molecule has 11 aromatic rings. The molecular weight excluding hydrogens is 1390 g/mol. The number of aromatic nitrogens is 10. The molecule has 3 aliphatic rings. The Kier molecular flexibility index (Phi) is 20.3. The zero-order valence-electron chi connectivity index (χ0n) is 57.3. The minimum Gasteiger partial charge on any atom is -0.399 e. The molecule has 0 aliphatic heterocycles. The van der Waals surface area contributed by atoms with Gasteiger partial charge in [0.2, 0.25) is 11.8 Å². The number of anilines is 3. The van der Waals surface area contributed by atoms with Gasteiger partial charge >= 0.3 is 0 Å². The molecule has 2 unspecified atom stereocenters. The Bertz CT molecular complexity index is 5520. The average molecular weight is 1460 g/mol. The highest BCUT2D eigenvalue weighted by molar-refractivity contribution is 7.91. The summed E-state index contributed by atoms with van der Waals surface area (Å²) in [4.78, 5) is 77.7. The molecule has 0 spiro atoms. The molecule has 0 bridgehead atoms. The van der Waals surface area contributed by atoms with Gasteiger partial charge in [-0.15, -0.1) is 0 Å². The van der Waals surface area contributed by atoms with E-state index < -0.39 is 47.5 Å². The van der Waals surface area contributed by atoms with Crippen molar-refractivity contribution in [3.05, 3.63) is 214 Å². The smallest absolute Gasteiger partial charge is 0.271 e. The van der Waals surface area contributed by atoms with Crippen LogP contribution >= 0.6 is 0 Å². The second-order valence-corrected chi connectivity index (χ2v) is 31.3. The van der Waals surface area contributed by atoms with Crippen molar-refractivity contribution < 1.29 is 49.2 Å². The maximum Gasteiger partial charge on any atom is 0.271 e. The number of H-pyrrole nitrogens is 2. The fraction of sp³-hybridized carbons (Fsp3) is 0.222. The van der Waals surface area contributed by atoms with Gasteiger partial charge in [0.1, 0.15) is 0 Å². The number of sulfone groups is 3. The first-order chi connectivity index (χ1) is 49.6. The van der Waals surface area contributed by atoms with E-state index in [1.54, 1.807) is 109 Å². The molecular formula is C72H74N18O11S3. The summed E-state index contributed by atoms with van der Waals surface area (Å²) in [6.45, 7) is 0. The number of carbonyl (C=O) groups excluding carboxylic acids is 5.